The first-order valence-corrected chi connectivity index (χ1v) is 6.18. The standard InChI is InChI=1S/C13H11F3N2O2/c14-13(15,16)7-3-4-9-8(6-7)11(18-12(19)17-9)10-2-1-5-20-10/h3-4,6,10H,1-2,5H2,(H,17,18,19). The van der Waals surface area contributed by atoms with Crippen LogP contribution < -0.4 is 5.69 Å². The lowest BCUT2D eigenvalue weighted by molar-refractivity contribution is -0.137. The second-order valence-electron chi connectivity index (χ2n) is 4.69. The first-order valence-electron chi connectivity index (χ1n) is 6.18. The molecule has 0 aliphatic carbocycles. The second-order valence-corrected chi connectivity index (χ2v) is 4.69. The van der Waals surface area contributed by atoms with Crippen molar-refractivity contribution in [3.63, 3.8) is 0 Å². The number of aromatic amines is 1. The summed E-state index contributed by atoms with van der Waals surface area (Å²) in [5.74, 6) is 0. The fourth-order valence-electron chi connectivity index (χ4n) is 2.40. The van der Waals surface area contributed by atoms with E-state index in [0.29, 0.717) is 18.7 Å². The molecule has 2 heterocycles. The van der Waals surface area contributed by atoms with Crippen LogP contribution in [0, 0.1) is 0 Å². The SMILES string of the molecule is O=c1nc2ccc(C(F)(F)F)cc2c(C2CCCO2)[nH]1. The molecular weight excluding hydrogens is 273 g/mol. The van der Waals surface area contributed by atoms with Crippen LogP contribution in [0.2, 0.25) is 0 Å². The van der Waals surface area contributed by atoms with Gasteiger partial charge in [0.05, 0.1) is 22.9 Å². The summed E-state index contributed by atoms with van der Waals surface area (Å²) < 4.78 is 43.8. The highest BCUT2D eigenvalue weighted by Gasteiger charge is 2.31. The number of hydrogen-bond acceptors (Lipinski definition) is 3. The molecule has 1 atom stereocenters. The molecule has 0 radical (unpaired) electrons. The Bertz CT molecular complexity index is 703. The first kappa shape index (κ1) is 13.1. The van der Waals surface area contributed by atoms with Gasteiger partial charge >= 0.3 is 11.9 Å². The van der Waals surface area contributed by atoms with Crippen molar-refractivity contribution in [1.29, 1.82) is 0 Å². The van der Waals surface area contributed by atoms with Gasteiger partial charge in [0, 0.05) is 12.0 Å². The van der Waals surface area contributed by atoms with E-state index < -0.39 is 17.4 Å². The zero-order valence-corrected chi connectivity index (χ0v) is 10.3. The summed E-state index contributed by atoms with van der Waals surface area (Å²) in [7, 11) is 0. The summed E-state index contributed by atoms with van der Waals surface area (Å²) in [6, 6.07) is 3.15. The topological polar surface area (TPSA) is 55.0 Å². The molecule has 0 saturated carbocycles. The third kappa shape index (κ3) is 2.29. The molecule has 0 bridgehead atoms. The Morgan fingerprint density at radius 1 is 1.35 bits per heavy atom. The summed E-state index contributed by atoms with van der Waals surface area (Å²) >= 11 is 0. The van der Waals surface area contributed by atoms with Gasteiger partial charge in [-0.15, -0.1) is 0 Å². The number of nitrogens with zero attached hydrogens (tertiary/aromatic N) is 1. The molecule has 1 aromatic carbocycles. The number of fused-ring (bicyclic) bond motifs is 1. The van der Waals surface area contributed by atoms with Crippen LogP contribution >= 0.6 is 0 Å². The molecule has 0 amide bonds. The summed E-state index contributed by atoms with van der Waals surface area (Å²) in [6.07, 6.45) is -3.32. The number of rotatable bonds is 1. The van der Waals surface area contributed by atoms with Crippen LogP contribution in [-0.4, -0.2) is 16.6 Å². The van der Waals surface area contributed by atoms with Crippen LogP contribution in [0.15, 0.2) is 23.0 Å². The average molecular weight is 284 g/mol. The zero-order chi connectivity index (χ0) is 14.3. The van der Waals surface area contributed by atoms with Gasteiger partial charge in [-0.2, -0.15) is 18.2 Å². The highest BCUT2D eigenvalue weighted by Crippen LogP contribution is 2.35. The Morgan fingerprint density at radius 3 is 2.80 bits per heavy atom. The number of H-pyrrole nitrogens is 1. The number of benzene rings is 1. The van der Waals surface area contributed by atoms with Crippen LogP contribution in [0.25, 0.3) is 10.9 Å². The highest BCUT2D eigenvalue weighted by atomic mass is 19.4. The van der Waals surface area contributed by atoms with E-state index in [9.17, 15) is 18.0 Å². The Hall–Kier alpha value is -1.89. The normalized spacial score (nSPS) is 19.6. The lowest BCUT2D eigenvalue weighted by Gasteiger charge is -2.13. The molecule has 2 aromatic rings. The number of alkyl halides is 3. The van der Waals surface area contributed by atoms with Gasteiger partial charge in [0.1, 0.15) is 0 Å². The molecule has 4 nitrogen and oxygen atoms in total. The van der Waals surface area contributed by atoms with Crippen molar-refractivity contribution >= 4 is 10.9 Å². The lowest BCUT2D eigenvalue weighted by Crippen LogP contribution is -2.16. The van der Waals surface area contributed by atoms with Crippen molar-refractivity contribution in [2.24, 2.45) is 0 Å². The molecule has 1 aromatic heterocycles. The minimum absolute atomic E-state index is 0.243. The maximum atomic E-state index is 12.8. The summed E-state index contributed by atoms with van der Waals surface area (Å²) in [4.78, 5) is 17.7. The van der Waals surface area contributed by atoms with Gasteiger partial charge in [-0.25, -0.2) is 4.79 Å². The molecular formula is C13H11F3N2O2. The molecule has 20 heavy (non-hydrogen) atoms. The van der Waals surface area contributed by atoms with E-state index in [1.54, 1.807) is 0 Å². The Labute approximate surface area is 111 Å². The van der Waals surface area contributed by atoms with Crippen molar-refractivity contribution < 1.29 is 17.9 Å². The third-order valence-corrected chi connectivity index (χ3v) is 3.33. The van der Waals surface area contributed by atoms with Gasteiger partial charge in [-0.05, 0) is 31.0 Å². The first-order chi connectivity index (χ1) is 9.45. The molecule has 106 valence electrons. The van der Waals surface area contributed by atoms with E-state index in [4.69, 9.17) is 4.74 Å². The van der Waals surface area contributed by atoms with Crippen LogP contribution in [0.1, 0.15) is 30.2 Å². The van der Waals surface area contributed by atoms with Crippen molar-refractivity contribution in [3.05, 3.63) is 39.9 Å². The summed E-state index contributed by atoms with van der Waals surface area (Å²) in [5.41, 5.74) is -0.725. The second kappa shape index (κ2) is 4.59. The fourth-order valence-corrected chi connectivity index (χ4v) is 2.40. The Morgan fingerprint density at radius 2 is 2.15 bits per heavy atom. The van der Waals surface area contributed by atoms with Crippen LogP contribution in [0.3, 0.4) is 0 Å². The molecule has 1 aliphatic heterocycles. The fraction of sp³-hybridized carbons (Fsp3) is 0.385. The van der Waals surface area contributed by atoms with Crippen LogP contribution in [-0.2, 0) is 10.9 Å². The van der Waals surface area contributed by atoms with E-state index in [-0.39, 0.29) is 17.0 Å². The van der Waals surface area contributed by atoms with E-state index in [1.165, 1.54) is 6.07 Å². The quantitative estimate of drug-likeness (QED) is 0.876. The lowest BCUT2D eigenvalue weighted by atomic mass is 10.0. The highest BCUT2D eigenvalue weighted by molar-refractivity contribution is 5.81. The number of nitrogens with one attached hydrogen (secondary N) is 1. The molecule has 1 N–H and O–H groups in total. The van der Waals surface area contributed by atoms with Crippen molar-refractivity contribution in [3.8, 4) is 0 Å². The van der Waals surface area contributed by atoms with Crippen molar-refractivity contribution in [2.45, 2.75) is 25.1 Å². The van der Waals surface area contributed by atoms with E-state index in [1.807, 2.05) is 0 Å². The number of ether oxygens (including phenoxy) is 1. The van der Waals surface area contributed by atoms with Crippen LogP contribution in [0.4, 0.5) is 13.2 Å². The van der Waals surface area contributed by atoms with E-state index in [2.05, 4.69) is 9.97 Å². The minimum atomic E-state index is -4.43. The van der Waals surface area contributed by atoms with Gasteiger partial charge in [0.15, 0.2) is 0 Å². The maximum absolute atomic E-state index is 12.8. The monoisotopic (exact) mass is 284 g/mol. The largest absolute Gasteiger partial charge is 0.416 e. The predicted molar refractivity (Wildman–Crippen MR) is 65.3 cm³/mol. The van der Waals surface area contributed by atoms with Gasteiger partial charge in [0.2, 0.25) is 0 Å². The Balaban J connectivity index is 2.23. The van der Waals surface area contributed by atoms with Gasteiger partial charge < -0.3 is 9.72 Å². The van der Waals surface area contributed by atoms with Gasteiger partial charge in [-0.3, -0.25) is 0 Å². The number of aromatic nitrogens is 2. The van der Waals surface area contributed by atoms with Gasteiger partial charge in [0.25, 0.3) is 0 Å². The maximum Gasteiger partial charge on any atom is 0.416 e. The average Bonchev–Trinajstić information content (AvgIpc) is 2.89. The van der Waals surface area contributed by atoms with Crippen molar-refractivity contribution in [2.75, 3.05) is 6.61 Å². The smallest absolute Gasteiger partial charge is 0.372 e. The van der Waals surface area contributed by atoms with Crippen molar-refractivity contribution in [1.82, 2.24) is 9.97 Å². The van der Waals surface area contributed by atoms with E-state index >= 15 is 0 Å². The molecule has 1 unspecified atom stereocenters. The Kier molecular flexibility index (Phi) is 3.01. The molecule has 1 aliphatic rings. The minimum Gasteiger partial charge on any atom is -0.372 e. The molecule has 1 fully saturated rings. The molecule has 3 rings (SSSR count). The number of halogens is 3. The summed E-state index contributed by atoms with van der Waals surface area (Å²) in [5, 5.41) is 0.284. The third-order valence-electron chi connectivity index (χ3n) is 3.33. The molecule has 1 saturated heterocycles. The predicted octanol–water partition coefficient (Wildman–Crippen LogP) is 2.79. The summed E-state index contributed by atoms with van der Waals surface area (Å²) in [6.45, 7) is 0.537. The van der Waals surface area contributed by atoms with Gasteiger partial charge in [-0.1, -0.05) is 0 Å². The number of hydrogen-bond donors (Lipinski definition) is 1. The van der Waals surface area contributed by atoms with E-state index in [0.717, 1.165) is 18.6 Å². The molecule has 0 spiro atoms. The van der Waals surface area contributed by atoms with Crippen LogP contribution in [0.5, 0.6) is 0 Å². The zero-order valence-electron chi connectivity index (χ0n) is 10.3. The molecule has 7 heteroatoms.